The standard InChI is InChI=1S/C17H12F2O2/c1-10-2-5-16-12(6-10)9-17(21-16)15(20)8-11-3-4-13(18)14(19)7-11/h2-7,9H,8H2,1H3. The van der Waals surface area contributed by atoms with E-state index in [0.29, 0.717) is 11.1 Å². The SMILES string of the molecule is Cc1ccc2oc(C(=O)Cc3ccc(F)c(F)c3)cc2c1. The predicted molar refractivity (Wildman–Crippen MR) is 75.3 cm³/mol. The van der Waals surface area contributed by atoms with Crippen LogP contribution in [0, 0.1) is 18.6 Å². The van der Waals surface area contributed by atoms with Crippen LogP contribution in [0.3, 0.4) is 0 Å². The molecule has 0 spiro atoms. The maximum atomic E-state index is 13.1. The molecule has 4 heteroatoms. The number of furan rings is 1. The minimum Gasteiger partial charge on any atom is -0.453 e. The Kier molecular flexibility index (Phi) is 3.29. The normalized spacial score (nSPS) is 11.0. The van der Waals surface area contributed by atoms with E-state index in [4.69, 9.17) is 4.42 Å². The maximum Gasteiger partial charge on any atom is 0.202 e. The summed E-state index contributed by atoms with van der Waals surface area (Å²) in [5.74, 6) is -1.93. The first kappa shape index (κ1) is 13.5. The maximum absolute atomic E-state index is 13.1. The van der Waals surface area contributed by atoms with E-state index < -0.39 is 11.6 Å². The quantitative estimate of drug-likeness (QED) is 0.666. The van der Waals surface area contributed by atoms with Crippen molar-refractivity contribution in [3.05, 3.63) is 71.0 Å². The van der Waals surface area contributed by atoms with Gasteiger partial charge in [0.2, 0.25) is 5.78 Å². The van der Waals surface area contributed by atoms with Gasteiger partial charge in [-0.05, 0) is 42.8 Å². The first-order chi connectivity index (χ1) is 10.0. The summed E-state index contributed by atoms with van der Waals surface area (Å²) in [5.41, 5.74) is 2.12. The van der Waals surface area contributed by atoms with Crippen LogP contribution >= 0.6 is 0 Å². The summed E-state index contributed by atoms with van der Waals surface area (Å²) < 4.78 is 31.5. The molecular weight excluding hydrogens is 274 g/mol. The molecule has 0 aliphatic carbocycles. The van der Waals surface area contributed by atoms with Crippen molar-refractivity contribution in [1.82, 2.24) is 0 Å². The Hall–Kier alpha value is -2.49. The molecule has 0 fully saturated rings. The molecule has 0 N–H and O–H groups in total. The molecule has 1 aromatic heterocycles. The lowest BCUT2D eigenvalue weighted by Gasteiger charge is -2.00. The summed E-state index contributed by atoms with van der Waals surface area (Å²) >= 11 is 0. The van der Waals surface area contributed by atoms with Crippen LogP contribution in [0.15, 0.2) is 46.9 Å². The second-order valence-corrected chi connectivity index (χ2v) is 5.00. The fraction of sp³-hybridized carbons (Fsp3) is 0.118. The van der Waals surface area contributed by atoms with Gasteiger partial charge < -0.3 is 4.42 Å². The van der Waals surface area contributed by atoms with Crippen LogP contribution in [0.25, 0.3) is 11.0 Å². The first-order valence-electron chi connectivity index (χ1n) is 6.50. The molecule has 0 atom stereocenters. The Bertz CT molecular complexity index is 834. The molecule has 0 aliphatic heterocycles. The molecule has 2 aromatic carbocycles. The third-order valence-corrected chi connectivity index (χ3v) is 3.30. The zero-order chi connectivity index (χ0) is 15.0. The molecule has 0 aliphatic rings. The highest BCUT2D eigenvalue weighted by Crippen LogP contribution is 2.22. The number of fused-ring (bicyclic) bond motifs is 1. The molecule has 0 unspecified atom stereocenters. The number of Topliss-reactive ketones (excluding diaryl/α,β-unsaturated/α-hetero) is 1. The average molecular weight is 286 g/mol. The summed E-state index contributed by atoms with van der Waals surface area (Å²) in [4.78, 5) is 12.2. The number of carbonyl (C=O) groups excluding carboxylic acids is 1. The highest BCUT2D eigenvalue weighted by Gasteiger charge is 2.14. The number of hydrogen-bond donors (Lipinski definition) is 0. The number of ketones is 1. The number of benzene rings is 2. The minimum atomic E-state index is -0.958. The van der Waals surface area contributed by atoms with Crippen molar-refractivity contribution in [2.24, 2.45) is 0 Å². The third-order valence-electron chi connectivity index (χ3n) is 3.30. The monoisotopic (exact) mass is 286 g/mol. The van der Waals surface area contributed by atoms with E-state index in [1.165, 1.54) is 6.07 Å². The smallest absolute Gasteiger partial charge is 0.202 e. The van der Waals surface area contributed by atoms with Gasteiger partial charge in [0.25, 0.3) is 0 Å². The first-order valence-corrected chi connectivity index (χ1v) is 6.50. The van der Waals surface area contributed by atoms with Crippen LogP contribution < -0.4 is 0 Å². The lowest BCUT2D eigenvalue weighted by atomic mass is 10.1. The Labute approximate surface area is 120 Å². The van der Waals surface area contributed by atoms with E-state index in [9.17, 15) is 13.6 Å². The summed E-state index contributed by atoms with van der Waals surface area (Å²) in [6, 6.07) is 10.7. The van der Waals surface area contributed by atoms with E-state index in [-0.39, 0.29) is 18.0 Å². The van der Waals surface area contributed by atoms with Gasteiger partial charge in [-0.2, -0.15) is 0 Å². The Balaban J connectivity index is 1.87. The van der Waals surface area contributed by atoms with Gasteiger partial charge in [0.05, 0.1) is 0 Å². The van der Waals surface area contributed by atoms with Crippen LogP contribution in [0.4, 0.5) is 8.78 Å². The second kappa shape index (κ2) is 5.13. The van der Waals surface area contributed by atoms with Gasteiger partial charge in [-0.25, -0.2) is 8.78 Å². The molecule has 3 aromatic rings. The number of halogens is 2. The summed E-state index contributed by atoms with van der Waals surface area (Å²) in [7, 11) is 0. The van der Waals surface area contributed by atoms with Crippen molar-refractivity contribution < 1.29 is 18.0 Å². The number of rotatable bonds is 3. The van der Waals surface area contributed by atoms with Gasteiger partial charge in [-0.3, -0.25) is 4.79 Å². The van der Waals surface area contributed by atoms with E-state index in [1.807, 2.05) is 19.1 Å². The molecule has 106 valence electrons. The number of hydrogen-bond acceptors (Lipinski definition) is 2. The summed E-state index contributed by atoms with van der Waals surface area (Å²) in [6.07, 6.45) is -0.0317. The molecular formula is C17H12F2O2. The number of carbonyl (C=O) groups is 1. The molecule has 0 amide bonds. The van der Waals surface area contributed by atoms with Crippen molar-refractivity contribution in [3.63, 3.8) is 0 Å². The highest BCUT2D eigenvalue weighted by molar-refractivity contribution is 5.98. The van der Waals surface area contributed by atoms with Crippen LogP contribution in [0.1, 0.15) is 21.7 Å². The topological polar surface area (TPSA) is 30.2 Å². The van der Waals surface area contributed by atoms with Crippen LogP contribution in [-0.2, 0) is 6.42 Å². The molecule has 0 bridgehead atoms. The summed E-state index contributed by atoms with van der Waals surface area (Å²) in [5, 5.41) is 0.851. The average Bonchev–Trinajstić information content (AvgIpc) is 2.86. The van der Waals surface area contributed by atoms with Gasteiger partial charge in [-0.1, -0.05) is 17.7 Å². The summed E-state index contributed by atoms with van der Waals surface area (Å²) in [6.45, 7) is 1.95. The fourth-order valence-electron chi connectivity index (χ4n) is 2.22. The van der Waals surface area contributed by atoms with Crippen LogP contribution in [-0.4, -0.2) is 5.78 Å². The Morgan fingerprint density at radius 1 is 1.05 bits per heavy atom. The molecule has 2 nitrogen and oxygen atoms in total. The van der Waals surface area contributed by atoms with Crippen molar-refractivity contribution in [1.29, 1.82) is 0 Å². The molecule has 0 saturated carbocycles. The fourth-order valence-corrected chi connectivity index (χ4v) is 2.22. The van der Waals surface area contributed by atoms with E-state index in [2.05, 4.69) is 0 Å². The van der Waals surface area contributed by atoms with Crippen LogP contribution in [0.5, 0.6) is 0 Å². The lowest BCUT2D eigenvalue weighted by molar-refractivity contribution is 0.0968. The zero-order valence-corrected chi connectivity index (χ0v) is 11.3. The largest absolute Gasteiger partial charge is 0.453 e. The molecule has 0 saturated heterocycles. The van der Waals surface area contributed by atoms with Gasteiger partial charge in [0.1, 0.15) is 5.58 Å². The molecule has 3 rings (SSSR count). The van der Waals surface area contributed by atoms with Crippen molar-refractivity contribution in [2.75, 3.05) is 0 Å². The Morgan fingerprint density at radius 3 is 2.62 bits per heavy atom. The molecule has 0 radical (unpaired) electrons. The van der Waals surface area contributed by atoms with E-state index in [1.54, 1.807) is 12.1 Å². The van der Waals surface area contributed by atoms with Gasteiger partial charge in [0, 0.05) is 11.8 Å². The van der Waals surface area contributed by atoms with Gasteiger partial charge in [0.15, 0.2) is 17.4 Å². The predicted octanol–water partition coefficient (Wildman–Crippen LogP) is 4.44. The Morgan fingerprint density at radius 2 is 1.86 bits per heavy atom. The molecule has 1 heterocycles. The van der Waals surface area contributed by atoms with E-state index in [0.717, 1.165) is 23.1 Å². The van der Waals surface area contributed by atoms with Crippen molar-refractivity contribution in [2.45, 2.75) is 13.3 Å². The van der Waals surface area contributed by atoms with Gasteiger partial charge in [-0.15, -0.1) is 0 Å². The highest BCUT2D eigenvalue weighted by atomic mass is 19.2. The zero-order valence-electron chi connectivity index (χ0n) is 11.3. The second-order valence-electron chi connectivity index (χ2n) is 5.00. The molecule has 21 heavy (non-hydrogen) atoms. The van der Waals surface area contributed by atoms with E-state index >= 15 is 0 Å². The van der Waals surface area contributed by atoms with Crippen molar-refractivity contribution in [3.8, 4) is 0 Å². The minimum absolute atomic E-state index is 0.0317. The van der Waals surface area contributed by atoms with Crippen molar-refractivity contribution >= 4 is 16.8 Å². The lowest BCUT2D eigenvalue weighted by Crippen LogP contribution is -2.02. The number of aryl methyl sites for hydroxylation is 1. The van der Waals surface area contributed by atoms with Crippen LogP contribution in [0.2, 0.25) is 0 Å². The van der Waals surface area contributed by atoms with Gasteiger partial charge >= 0.3 is 0 Å². The third kappa shape index (κ3) is 2.70.